The molecule has 0 spiro atoms. The first-order valence-corrected chi connectivity index (χ1v) is 5.92. The van der Waals surface area contributed by atoms with Gasteiger partial charge in [0.2, 0.25) is 0 Å². The summed E-state index contributed by atoms with van der Waals surface area (Å²) in [6, 6.07) is 6.46. The van der Waals surface area contributed by atoms with Crippen LogP contribution in [0.3, 0.4) is 0 Å². The molecule has 2 aromatic carbocycles. The number of carboxylic acids is 1. The first-order chi connectivity index (χ1) is 9.71. The number of alkyl halides is 3. The van der Waals surface area contributed by atoms with E-state index in [1.54, 1.807) is 0 Å². The first-order valence-electron chi connectivity index (χ1n) is 5.92. The van der Waals surface area contributed by atoms with E-state index in [4.69, 9.17) is 5.11 Å². The summed E-state index contributed by atoms with van der Waals surface area (Å²) in [7, 11) is 0. The van der Waals surface area contributed by atoms with E-state index in [1.807, 2.05) is 0 Å². The lowest BCUT2D eigenvalue weighted by molar-refractivity contribution is -0.137. The Kier molecular flexibility index (Phi) is 3.72. The van der Waals surface area contributed by atoms with Crippen LogP contribution in [-0.4, -0.2) is 11.1 Å². The van der Waals surface area contributed by atoms with Gasteiger partial charge in [0.25, 0.3) is 0 Å². The molecule has 0 bridgehead atoms. The number of carboxylic acid groups (broad SMARTS) is 1. The summed E-state index contributed by atoms with van der Waals surface area (Å²) in [5.41, 5.74) is -1.83. The third-order valence-corrected chi connectivity index (χ3v) is 3.05. The molecular weight excluding hydrogens is 288 g/mol. The van der Waals surface area contributed by atoms with Crippen LogP contribution in [0.1, 0.15) is 21.5 Å². The molecule has 0 aliphatic rings. The van der Waals surface area contributed by atoms with Gasteiger partial charge in [-0.1, -0.05) is 18.2 Å². The topological polar surface area (TPSA) is 37.3 Å². The van der Waals surface area contributed by atoms with Crippen LogP contribution < -0.4 is 0 Å². The molecule has 110 valence electrons. The van der Waals surface area contributed by atoms with Gasteiger partial charge in [-0.2, -0.15) is 13.2 Å². The number of hydrogen-bond acceptors (Lipinski definition) is 1. The first kappa shape index (κ1) is 15.0. The number of hydrogen-bond donors (Lipinski definition) is 1. The molecule has 0 aliphatic carbocycles. The van der Waals surface area contributed by atoms with Crippen molar-refractivity contribution in [3.63, 3.8) is 0 Å². The Hall–Kier alpha value is -2.37. The highest BCUT2D eigenvalue weighted by molar-refractivity contribution is 5.96. The van der Waals surface area contributed by atoms with Crippen LogP contribution in [0.25, 0.3) is 11.1 Å². The monoisotopic (exact) mass is 298 g/mol. The second kappa shape index (κ2) is 5.20. The number of halogens is 4. The Morgan fingerprint density at radius 2 is 1.71 bits per heavy atom. The van der Waals surface area contributed by atoms with Gasteiger partial charge < -0.3 is 5.11 Å². The molecule has 0 radical (unpaired) electrons. The van der Waals surface area contributed by atoms with E-state index < -0.39 is 29.1 Å². The molecule has 0 fully saturated rings. The molecule has 0 aromatic heterocycles. The molecule has 0 unspecified atom stereocenters. The maximum absolute atomic E-state index is 13.5. The molecule has 2 nitrogen and oxygen atoms in total. The van der Waals surface area contributed by atoms with E-state index in [-0.39, 0.29) is 16.7 Å². The molecule has 1 N–H and O–H groups in total. The molecule has 0 aliphatic heterocycles. The van der Waals surface area contributed by atoms with Gasteiger partial charge in [-0.05, 0) is 41.8 Å². The van der Waals surface area contributed by atoms with E-state index in [2.05, 4.69) is 0 Å². The van der Waals surface area contributed by atoms with Crippen LogP contribution in [0.15, 0.2) is 36.4 Å². The van der Waals surface area contributed by atoms with Gasteiger partial charge in [-0.15, -0.1) is 0 Å². The fourth-order valence-corrected chi connectivity index (χ4v) is 2.05. The van der Waals surface area contributed by atoms with Gasteiger partial charge >= 0.3 is 12.1 Å². The lowest BCUT2D eigenvalue weighted by Gasteiger charge is -2.15. The fourth-order valence-electron chi connectivity index (χ4n) is 2.05. The van der Waals surface area contributed by atoms with Crippen molar-refractivity contribution in [2.24, 2.45) is 0 Å². The third kappa shape index (κ3) is 2.89. The largest absolute Gasteiger partial charge is 0.478 e. The summed E-state index contributed by atoms with van der Waals surface area (Å²) in [5, 5.41) is 9.09. The average molecular weight is 298 g/mol. The Bertz CT molecular complexity index is 705. The number of aryl methyl sites for hydroxylation is 1. The standard InChI is InChI=1S/C15H10F4O2/c1-8-6-10(11(14(20)21)7-13(8)16)9-4-2-3-5-12(9)15(17,18)19/h2-7H,1H3,(H,20,21). The number of benzene rings is 2. The van der Waals surface area contributed by atoms with Gasteiger partial charge in [0.1, 0.15) is 5.82 Å². The van der Waals surface area contributed by atoms with Gasteiger partial charge in [0.05, 0.1) is 11.1 Å². The lowest BCUT2D eigenvalue weighted by atomic mass is 9.93. The summed E-state index contributed by atoms with van der Waals surface area (Å²) < 4.78 is 52.6. The van der Waals surface area contributed by atoms with Crippen molar-refractivity contribution in [1.29, 1.82) is 0 Å². The highest BCUT2D eigenvalue weighted by Gasteiger charge is 2.34. The minimum absolute atomic E-state index is 0.0759. The zero-order valence-electron chi connectivity index (χ0n) is 10.8. The number of rotatable bonds is 2. The van der Waals surface area contributed by atoms with E-state index in [0.29, 0.717) is 0 Å². The lowest BCUT2D eigenvalue weighted by Crippen LogP contribution is -2.09. The minimum atomic E-state index is -4.63. The summed E-state index contributed by atoms with van der Waals surface area (Å²) >= 11 is 0. The van der Waals surface area contributed by atoms with E-state index in [1.165, 1.54) is 25.1 Å². The smallest absolute Gasteiger partial charge is 0.417 e. The molecule has 2 rings (SSSR count). The second-order valence-electron chi connectivity index (χ2n) is 4.50. The zero-order chi connectivity index (χ0) is 15.8. The molecular formula is C15H10F4O2. The predicted molar refractivity (Wildman–Crippen MR) is 68.5 cm³/mol. The highest BCUT2D eigenvalue weighted by Crippen LogP contribution is 2.38. The molecule has 0 saturated carbocycles. The van der Waals surface area contributed by atoms with Crippen LogP contribution >= 0.6 is 0 Å². The highest BCUT2D eigenvalue weighted by atomic mass is 19.4. The minimum Gasteiger partial charge on any atom is -0.478 e. The van der Waals surface area contributed by atoms with Crippen molar-refractivity contribution in [3.05, 3.63) is 58.9 Å². The van der Waals surface area contributed by atoms with Crippen LogP contribution in [0.2, 0.25) is 0 Å². The van der Waals surface area contributed by atoms with Crippen molar-refractivity contribution >= 4 is 5.97 Å². The van der Waals surface area contributed by atoms with E-state index in [9.17, 15) is 22.4 Å². The van der Waals surface area contributed by atoms with Crippen LogP contribution in [0.5, 0.6) is 0 Å². The van der Waals surface area contributed by atoms with Gasteiger partial charge in [-0.25, -0.2) is 9.18 Å². The molecule has 6 heteroatoms. The normalized spacial score (nSPS) is 11.5. The van der Waals surface area contributed by atoms with Crippen LogP contribution in [0, 0.1) is 12.7 Å². The maximum Gasteiger partial charge on any atom is 0.417 e. The predicted octanol–water partition coefficient (Wildman–Crippen LogP) is 4.52. The molecule has 0 atom stereocenters. The van der Waals surface area contributed by atoms with Gasteiger partial charge in [0.15, 0.2) is 0 Å². The quantitative estimate of drug-likeness (QED) is 0.828. The SMILES string of the molecule is Cc1cc(-c2ccccc2C(F)(F)F)c(C(=O)O)cc1F. The fraction of sp³-hybridized carbons (Fsp3) is 0.133. The van der Waals surface area contributed by atoms with Crippen LogP contribution in [0.4, 0.5) is 17.6 Å². The average Bonchev–Trinajstić information content (AvgIpc) is 2.40. The summed E-state index contributed by atoms with van der Waals surface area (Å²) in [4.78, 5) is 11.2. The third-order valence-electron chi connectivity index (χ3n) is 3.05. The Morgan fingerprint density at radius 1 is 1.10 bits per heavy atom. The van der Waals surface area contributed by atoms with E-state index >= 15 is 0 Å². The summed E-state index contributed by atoms with van der Waals surface area (Å²) in [6.07, 6.45) is -4.63. The number of carbonyl (C=O) groups is 1. The molecule has 21 heavy (non-hydrogen) atoms. The maximum atomic E-state index is 13.5. The Balaban J connectivity index is 2.79. The van der Waals surface area contributed by atoms with Crippen molar-refractivity contribution in [2.45, 2.75) is 13.1 Å². The molecule has 0 amide bonds. The van der Waals surface area contributed by atoms with Crippen molar-refractivity contribution in [1.82, 2.24) is 0 Å². The van der Waals surface area contributed by atoms with Gasteiger partial charge in [-0.3, -0.25) is 0 Å². The van der Waals surface area contributed by atoms with E-state index in [0.717, 1.165) is 18.2 Å². The number of aromatic carboxylic acids is 1. The molecule has 0 saturated heterocycles. The second-order valence-corrected chi connectivity index (χ2v) is 4.50. The summed E-state index contributed by atoms with van der Waals surface area (Å²) in [6.45, 7) is 1.36. The Morgan fingerprint density at radius 3 is 2.29 bits per heavy atom. The zero-order valence-corrected chi connectivity index (χ0v) is 10.8. The van der Waals surface area contributed by atoms with Crippen molar-refractivity contribution in [2.75, 3.05) is 0 Å². The van der Waals surface area contributed by atoms with Crippen molar-refractivity contribution < 1.29 is 27.5 Å². The van der Waals surface area contributed by atoms with Crippen molar-refractivity contribution in [3.8, 4) is 11.1 Å². The molecule has 2 aromatic rings. The Labute approximate surface area is 117 Å². The van der Waals surface area contributed by atoms with Crippen LogP contribution in [-0.2, 0) is 6.18 Å². The summed E-state index contributed by atoms with van der Waals surface area (Å²) in [5.74, 6) is -2.26. The molecule has 0 heterocycles. The van der Waals surface area contributed by atoms with Gasteiger partial charge in [0, 0.05) is 0 Å².